The summed E-state index contributed by atoms with van der Waals surface area (Å²) < 4.78 is 24.3. The van der Waals surface area contributed by atoms with Gasteiger partial charge < -0.3 is 0 Å². The van der Waals surface area contributed by atoms with E-state index in [9.17, 15) is 8.60 Å². The van der Waals surface area contributed by atoms with Crippen LogP contribution in [0.15, 0.2) is 23.1 Å². The molecule has 0 N–H and O–H groups in total. The molecule has 14 heavy (non-hydrogen) atoms. The van der Waals surface area contributed by atoms with E-state index in [-0.39, 0.29) is 5.02 Å². The number of rotatable bonds is 2. The zero-order valence-corrected chi connectivity index (χ0v) is 8.90. The molecule has 74 valence electrons. The van der Waals surface area contributed by atoms with Gasteiger partial charge in [-0.15, -0.1) is 0 Å². The van der Waals surface area contributed by atoms with Gasteiger partial charge in [0.05, 0.1) is 21.9 Å². The number of nitrogens with zero attached hydrogens (tertiary/aromatic N) is 1. The molecule has 0 aromatic heterocycles. The van der Waals surface area contributed by atoms with Crippen molar-refractivity contribution in [3.8, 4) is 6.07 Å². The topological polar surface area (TPSA) is 40.9 Å². The molecule has 0 bridgehead atoms. The fourth-order valence-corrected chi connectivity index (χ4v) is 2.04. The molecule has 0 heterocycles. The Kier molecular flexibility index (Phi) is 3.62. The first-order chi connectivity index (χ1) is 6.56. The summed E-state index contributed by atoms with van der Waals surface area (Å²) in [5.74, 6) is -0.558. The Balaban J connectivity index is 3.04. The molecule has 0 saturated carbocycles. The number of halogens is 2. The van der Waals surface area contributed by atoms with Crippen LogP contribution in [0.5, 0.6) is 0 Å². The molecule has 1 aromatic rings. The van der Waals surface area contributed by atoms with E-state index in [2.05, 4.69) is 0 Å². The average Bonchev–Trinajstić information content (AvgIpc) is 2.20. The van der Waals surface area contributed by atoms with Gasteiger partial charge in [-0.3, -0.25) is 4.21 Å². The van der Waals surface area contributed by atoms with Crippen molar-refractivity contribution in [3.05, 3.63) is 29.0 Å². The van der Waals surface area contributed by atoms with Crippen molar-refractivity contribution < 1.29 is 8.60 Å². The van der Waals surface area contributed by atoms with E-state index < -0.39 is 21.9 Å². The monoisotopic (exact) mass is 231 g/mol. The molecule has 1 aromatic carbocycles. The third-order valence-corrected chi connectivity index (χ3v) is 3.38. The number of nitriles is 1. The van der Waals surface area contributed by atoms with Gasteiger partial charge in [-0.2, -0.15) is 5.26 Å². The molecule has 0 aliphatic heterocycles. The van der Waals surface area contributed by atoms with Crippen LogP contribution < -0.4 is 0 Å². The van der Waals surface area contributed by atoms with Gasteiger partial charge in [-0.1, -0.05) is 11.6 Å². The van der Waals surface area contributed by atoms with Crippen LogP contribution in [0, 0.1) is 17.1 Å². The van der Waals surface area contributed by atoms with Crippen molar-refractivity contribution >= 4 is 22.4 Å². The normalized spacial score (nSPS) is 14.4. The Morgan fingerprint density at radius 3 is 2.79 bits per heavy atom. The van der Waals surface area contributed by atoms with Crippen molar-refractivity contribution in [1.29, 1.82) is 5.26 Å². The summed E-state index contributed by atoms with van der Waals surface area (Å²) in [6.07, 6.45) is 0. The van der Waals surface area contributed by atoms with Crippen molar-refractivity contribution in [1.82, 2.24) is 0 Å². The maximum atomic E-state index is 12.7. The summed E-state index contributed by atoms with van der Waals surface area (Å²) in [5.41, 5.74) is 0. The van der Waals surface area contributed by atoms with Crippen molar-refractivity contribution in [3.63, 3.8) is 0 Å². The molecular formula is C9H7ClFNOS. The molecule has 0 saturated heterocycles. The van der Waals surface area contributed by atoms with Gasteiger partial charge in [0.25, 0.3) is 0 Å². The fraction of sp³-hybridized carbons (Fsp3) is 0.222. The van der Waals surface area contributed by atoms with E-state index in [1.807, 2.05) is 6.07 Å². The van der Waals surface area contributed by atoms with Crippen molar-refractivity contribution in [2.24, 2.45) is 0 Å². The smallest absolute Gasteiger partial charge is 0.141 e. The lowest BCUT2D eigenvalue weighted by Gasteiger charge is -2.03. The van der Waals surface area contributed by atoms with Crippen molar-refractivity contribution in [2.45, 2.75) is 17.1 Å². The molecule has 0 fully saturated rings. The first-order valence-corrected chi connectivity index (χ1v) is 5.40. The van der Waals surface area contributed by atoms with Gasteiger partial charge in [0.15, 0.2) is 0 Å². The first kappa shape index (κ1) is 11.2. The second-order valence-corrected chi connectivity index (χ2v) is 4.83. The summed E-state index contributed by atoms with van der Waals surface area (Å²) in [5, 5.41) is 7.83. The third kappa shape index (κ3) is 2.31. The predicted molar refractivity (Wildman–Crippen MR) is 52.9 cm³/mol. The number of hydrogen-bond donors (Lipinski definition) is 0. The van der Waals surface area contributed by atoms with E-state index in [1.165, 1.54) is 19.1 Å². The minimum atomic E-state index is -1.46. The highest BCUT2D eigenvalue weighted by molar-refractivity contribution is 7.86. The highest BCUT2D eigenvalue weighted by Gasteiger charge is 2.13. The Bertz CT molecular complexity index is 416. The van der Waals surface area contributed by atoms with Crippen LogP contribution in [-0.2, 0) is 10.8 Å². The van der Waals surface area contributed by atoms with Crippen LogP contribution in [0.4, 0.5) is 4.39 Å². The standard InChI is InChI=1S/C9H7ClFNOS/c1-6(5-12)14(13)7-2-3-9(11)8(10)4-7/h2-4,6H,1H3. The van der Waals surface area contributed by atoms with Crippen LogP contribution in [0.25, 0.3) is 0 Å². The molecule has 2 nitrogen and oxygen atoms in total. The first-order valence-electron chi connectivity index (χ1n) is 3.81. The average molecular weight is 232 g/mol. The van der Waals surface area contributed by atoms with E-state index in [4.69, 9.17) is 16.9 Å². The van der Waals surface area contributed by atoms with Gasteiger partial charge >= 0.3 is 0 Å². The minimum Gasteiger partial charge on any atom is -0.253 e. The Morgan fingerprint density at radius 2 is 2.29 bits per heavy atom. The predicted octanol–water partition coefficient (Wildman–Crippen LogP) is 2.50. The molecule has 2 atom stereocenters. The van der Waals surface area contributed by atoms with Gasteiger partial charge in [0.2, 0.25) is 0 Å². The van der Waals surface area contributed by atoms with E-state index >= 15 is 0 Å². The van der Waals surface area contributed by atoms with Crippen LogP contribution in [0.3, 0.4) is 0 Å². The van der Waals surface area contributed by atoms with Gasteiger partial charge in [-0.05, 0) is 25.1 Å². The molecule has 1 rings (SSSR count). The molecule has 0 aliphatic rings. The third-order valence-electron chi connectivity index (χ3n) is 1.63. The quantitative estimate of drug-likeness (QED) is 0.785. The lowest BCUT2D eigenvalue weighted by molar-refractivity contribution is 0.626. The molecule has 0 aliphatic carbocycles. The molecular weight excluding hydrogens is 225 g/mol. The van der Waals surface area contributed by atoms with Crippen LogP contribution in [-0.4, -0.2) is 9.46 Å². The van der Waals surface area contributed by atoms with E-state index in [0.717, 1.165) is 6.07 Å². The molecule has 2 unspecified atom stereocenters. The maximum absolute atomic E-state index is 12.7. The van der Waals surface area contributed by atoms with Crippen LogP contribution in [0.1, 0.15) is 6.92 Å². The summed E-state index contributed by atoms with van der Waals surface area (Å²) in [7, 11) is -1.46. The van der Waals surface area contributed by atoms with E-state index in [0.29, 0.717) is 4.90 Å². The Hall–Kier alpha value is -0.920. The summed E-state index contributed by atoms with van der Waals surface area (Å²) in [4.78, 5) is 0.366. The zero-order chi connectivity index (χ0) is 10.7. The second-order valence-electron chi connectivity index (χ2n) is 2.64. The lowest BCUT2D eigenvalue weighted by Crippen LogP contribution is -2.07. The summed E-state index contributed by atoms with van der Waals surface area (Å²) in [6.45, 7) is 1.54. The van der Waals surface area contributed by atoms with E-state index in [1.54, 1.807) is 0 Å². The molecule has 0 spiro atoms. The van der Waals surface area contributed by atoms with Gasteiger partial charge in [0.1, 0.15) is 11.1 Å². The highest BCUT2D eigenvalue weighted by atomic mass is 35.5. The molecule has 5 heteroatoms. The summed E-state index contributed by atoms with van der Waals surface area (Å²) in [6, 6.07) is 5.64. The fourth-order valence-electron chi connectivity index (χ4n) is 0.854. The zero-order valence-electron chi connectivity index (χ0n) is 7.33. The maximum Gasteiger partial charge on any atom is 0.141 e. The molecule has 0 radical (unpaired) electrons. The van der Waals surface area contributed by atoms with Crippen LogP contribution >= 0.6 is 11.6 Å². The number of hydrogen-bond acceptors (Lipinski definition) is 2. The Morgan fingerprint density at radius 1 is 1.64 bits per heavy atom. The largest absolute Gasteiger partial charge is 0.253 e. The molecule has 0 amide bonds. The highest BCUT2D eigenvalue weighted by Crippen LogP contribution is 2.19. The summed E-state index contributed by atoms with van der Waals surface area (Å²) >= 11 is 5.51. The second kappa shape index (κ2) is 4.54. The van der Waals surface area contributed by atoms with Gasteiger partial charge in [0, 0.05) is 4.90 Å². The van der Waals surface area contributed by atoms with Crippen molar-refractivity contribution in [2.75, 3.05) is 0 Å². The lowest BCUT2D eigenvalue weighted by atomic mass is 10.3. The van der Waals surface area contributed by atoms with Crippen LogP contribution in [0.2, 0.25) is 5.02 Å². The van der Waals surface area contributed by atoms with Gasteiger partial charge in [-0.25, -0.2) is 4.39 Å². The minimum absolute atomic E-state index is 0.0824. The Labute approximate surface area is 88.8 Å². The number of benzene rings is 1. The SMILES string of the molecule is CC(C#N)S(=O)c1ccc(F)c(Cl)c1.